The maximum absolute atomic E-state index is 13.3. The fourth-order valence-electron chi connectivity index (χ4n) is 2.02. The number of hydrogen-bond donors (Lipinski definition) is 1. The van der Waals surface area contributed by atoms with Crippen LogP contribution < -0.4 is 5.32 Å². The molecule has 0 saturated carbocycles. The molecule has 4 heteroatoms. The lowest BCUT2D eigenvalue weighted by Gasteiger charge is -2.04. The average molecular weight is 247 g/mol. The standard InChI is InChI=1S/C14H18FN3/c1-10-8-11(4-5-13(10)15)14-12(6-7-16-2)9-18(3)17-14/h4-5,8-9,16H,6-7H2,1-3H3. The third kappa shape index (κ3) is 2.59. The number of aromatic nitrogens is 2. The van der Waals surface area contributed by atoms with Gasteiger partial charge in [-0.25, -0.2) is 4.39 Å². The van der Waals surface area contributed by atoms with Crippen LogP contribution in [0.5, 0.6) is 0 Å². The summed E-state index contributed by atoms with van der Waals surface area (Å²) in [6.45, 7) is 2.67. The van der Waals surface area contributed by atoms with Gasteiger partial charge < -0.3 is 5.32 Å². The molecule has 18 heavy (non-hydrogen) atoms. The number of benzene rings is 1. The van der Waals surface area contributed by atoms with Crippen LogP contribution in [0.1, 0.15) is 11.1 Å². The van der Waals surface area contributed by atoms with Crippen LogP contribution in [0.3, 0.4) is 0 Å². The average Bonchev–Trinajstić information content (AvgIpc) is 2.71. The molecular formula is C14H18FN3. The second kappa shape index (κ2) is 5.31. The number of hydrogen-bond acceptors (Lipinski definition) is 2. The van der Waals surface area contributed by atoms with Gasteiger partial charge in [-0.1, -0.05) is 0 Å². The number of rotatable bonds is 4. The highest BCUT2D eigenvalue weighted by molar-refractivity contribution is 5.63. The number of aryl methyl sites for hydroxylation is 2. The molecule has 96 valence electrons. The Morgan fingerprint density at radius 3 is 2.83 bits per heavy atom. The van der Waals surface area contributed by atoms with Crippen molar-refractivity contribution >= 4 is 0 Å². The van der Waals surface area contributed by atoms with E-state index in [0.717, 1.165) is 24.2 Å². The molecule has 0 amide bonds. The third-order valence-electron chi connectivity index (χ3n) is 2.98. The molecule has 1 aromatic carbocycles. The molecule has 2 aromatic rings. The zero-order valence-electron chi connectivity index (χ0n) is 11.0. The van der Waals surface area contributed by atoms with Crippen molar-refractivity contribution in [2.24, 2.45) is 7.05 Å². The molecule has 0 aliphatic heterocycles. The third-order valence-corrected chi connectivity index (χ3v) is 2.98. The number of nitrogens with one attached hydrogen (secondary N) is 1. The Morgan fingerprint density at radius 1 is 1.39 bits per heavy atom. The quantitative estimate of drug-likeness (QED) is 0.898. The minimum Gasteiger partial charge on any atom is -0.319 e. The Kier molecular flexibility index (Phi) is 3.77. The van der Waals surface area contributed by atoms with Crippen LogP contribution in [0.25, 0.3) is 11.3 Å². The van der Waals surface area contributed by atoms with E-state index < -0.39 is 0 Å². The van der Waals surface area contributed by atoms with E-state index in [1.807, 2.05) is 26.4 Å². The highest BCUT2D eigenvalue weighted by Crippen LogP contribution is 2.24. The molecule has 1 aromatic heterocycles. The first-order valence-electron chi connectivity index (χ1n) is 6.05. The molecule has 1 N–H and O–H groups in total. The first-order chi connectivity index (χ1) is 8.61. The van der Waals surface area contributed by atoms with E-state index in [-0.39, 0.29) is 5.82 Å². The van der Waals surface area contributed by atoms with Crippen molar-refractivity contribution < 1.29 is 4.39 Å². The lowest BCUT2D eigenvalue weighted by molar-refractivity contribution is 0.618. The first kappa shape index (κ1) is 12.8. The van der Waals surface area contributed by atoms with Gasteiger partial charge in [0.2, 0.25) is 0 Å². The fraction of sp³-hybridized carbons (Fsp3) is 0.357. The van der Waals surface area contributed by atoms with Crippen molar-refractivity contribution in [2.75, 3.05) is 13.6 Å². The summed E-state index contributed by atoms with van der Waals surface area (Å²) in [4.78, 5) is 0. The molecule has 2 rings (SSSR count). The van der Waals surface area contributed by atoms with Gasteiger partial charge in [-0.3, -0.25) is 4.68 Å². The predicted molar refractivity (Wildman–Crippen MR) is 71.0 cm³/mol. The van der Waals surface area contributed by atoms with Crippen LogP contribution in [0, 0.1) is 12.7 Å². The summed E-state index contributed by atoms with van der Waals surface area (Å²) in [6, 6.07) is 5.13. The topological polar surface area (TPSA) is 29.9 Å². The van der Waals surface area contributed by atoms with Gasteiger partial charge >= 0.3 is 0 Å². The summed E-state index contributed by atoms with van der Waals surface area (Å²) >= 11 is 0. The summed E-state index contributed by atoms with van der Waals surface area (Å²) in [5.74, 6) is -0.175. The maximum Gasteiger partial charge on any atom is 0.126 e. The van der Waals surface area contributed by atoms with E-state index in [9.17, 15) is 4.39 Å². The molecule has 0 aliphatic rings. The monoisotopic (exact) mass is 247 g/mol. The molecule has 0 radical (unpaired) electrons. The van der Waals surface area contributed by atoms with E-state index in [1.54, 1.807) is 17.7 Å². The molecule has 0 saturated heterocycles. The summed E-state index contributed by atoms with van der Waals surface area (Å²) in [6.07, 6.45) is 2.93. The van der Waals surface area contributed by atoms with Gasteiger partial charge in [-0.15, -0.1) is 0 Å². The van der Waals surface area contributed by atoms with Gasteiger partial charge in [0.25, 0.3) is 0 Å². The molecule has 0 unspecified atom stereocenters. The normalized spacial score (nSPS) is 10.9. The summed E-state index contributed by atoms with van der Waals surface area (Å²) in [5, 5.41) is 7.60. The minimum absolute atomic E-state index is 0.175. The van der Waals surface area contributed by atoms with Gasteiger partial charge in [0, 0.05) is 18.8 Å². The lowest BCUT2D eigenvalue weighted by Crippen LogP contribution is -2.10. The smallest absolute Gasteiger partial charge is 0.126 e. The van der Waals surface area contributed by atoms with Crippen molar-refractivity contribution in [1.82, 2.24) is 15.1 Å². The maximum atomic E-state index is 13.3. The Hall–Kier alpha value is -1.68. The van der Waals surface area contributed by atoms with E-state index in [4.69, 9.17) is 0 Å². The zero-order chi connectivity index (χ0) is 13.1. The first-order valence-corrected chi connectivity index (χ1v) is 6.05. The lowest BCUT2D eigenvalue weighted by atomic mass is 10.0. The van der Waals surface area contributed by atoms with Crippen LogP contribution in [0.4, 0.5) is 4.39 Å². The number of nitrogens with zero attached hydrogens (tertiary/aromatic N) is 2. The van der Waals surface area contributed by atoms with Crippen molar-refractivity contribution in [1.29, 1.82) is 0 Å². The van der Waals surface area contributed by atoms with Crippen LogP contribution in [0.15, 0.2) is 24.4 Å². The predicted octanol–water partition coefficient (Wildman–Crippen LogP) is 2.30. The van der Waals surface area contributed by atoms with Crippen molar-refractivity contribution in [2.45, 2.75) is 13.3 Å². The largest absolute Gasteiger partial charge is 0.319 e. The molecule has 0 bridgehead atoms. The van der Waals surface area contributed by atoms with Gasteiger partial charge in [0.15, 0.2) is 0 Å². The van der Waals surface area contributed by atoms with E-state index in [2.05, 4.69) is 10.4 Å². The summed E-state index contributed by atoms with van der Waals surface area (Å²) in [7, 11) is 3.83. The Bertz CT molecular complexity index is 546. The van der Waals surface area contributed by atoms with Crippen molar-refractivity contribution in [3.8, 4) is 11.3 Å². The van der Waals surface area contributed by atoms with E-state index in [1.165, 1.54) is 11.6 Å². The van der Waals surface area contributed by atoms with Crippen LogP contribution >= 0.6 is 0 Å². The summed E-state index contributed by atoms with van der Waals surface area (Å²) in [5.41, 5.74) is 3.74. The highest BCUT2D eigenvalue weighted by atomic mass is 19.1. The molecular weight excluding hydrogens is 229 g/mol. The fourth-order valence-corrected chi connectivity index (χ4v) is 2.02. The molecule has 0 aliphatic carbocycles. The molecule has 1 heterocycles. The zero-order valence-corrected chi connectivity index (χ0v) is 11.0. The number of halogens is 1. The van der Waals surface area contributed by atoms with Crippen LogP contribution in [-0.4, -0.2) is 23.4 Å². The second-order valence-electron chi connectivity index (χ2n) is 4.49. The SMILES string of the molecule is CNCCc1cn(C)nc1-c1ccc(F)c(C)c1. The highest BCUT2D eigenvalue weighted by Gasteiger charge is 2.10. The Balaban J connectivity index is 2.39. The second-order valence-corrected chi connectivity index (χ2v) is 4.49. The van der Waals surface area contributed by atoms with E-state index in [0.29, 0.717) is 5.56 Å². The summed E-state index contributed by atoms with van der Waals surface area (Å²) < 4.78 is 15.1. The van der Waals surface area contributed by atoms with Crippen LogP contribution in [-0.2, 0) is 13.5 Å². The van der Waals surface area contributed by atoms with Gasteiger partial charge in [0.05, 0.1) is 5.69 Å². The molecule has 0 atom stereocenters. The van der Waals surface area contributed by atoms with Gasteiger partial charge in [0.1, 0.15) is 5.82 Å². The van der Waals surface area contributed by atoms with Crippen molar-refractivity contribution in [3.05, 3.63) is 41.3 Å². The van der Waals surface area contributed by atoms with Crippen LogP contribution in [0.2, 0.25) is 0 Å². The number of likely N-dealkylation sites (N-methyl/N-ethyl adjacent to an activating group) is 1. The molecule has 3 nitrogen and oxygen atoms in total. The van der Waals surface area contributed by atoms with E-state index >= 15 is 0 Å². The van der Waals surface area contributed by atoms with Crippen molar-refractivity contribution in [3.63, 3.8) is 0 Å². The molecule has 0 spiro atoms. The molecule has 0 fully saturated rings. The minimum atomic E-state index is -0.175. The van der Waals surface area contributed by atoms with Gasteiger partial charge in [-0.2, -0.15) is 5.10 Å². The Morgan fingerprint density at radius 2 is 2.17 bits per heavy atom. The Labute approximate surface area is 107 Å². The van der Waals surface area contributed by atoms with Gasteiger partial charge in [-0.05, 0) is 56.3 Å².